The van der Waals surface area contributed by atoms with Gasteiger partial charge in [-0.25, -0.2) is 0 Å². The molecule has 0 aromatic rings. The van der Waals surface area contributed by atoms with Gasteiger partial charge in [0.25, 0.3) is 0 Å². The Morgan fingerprint density at radius 1 is 1.21 bits per heavy atom. The van der Waals surface area contributed by atoms with Crippen molar-refractivity contribution in [3.63, 3.8) is 0 Å². The first-order valence-electron chi connectivity index (χ1n) is 7.36. The van der Waals surface area contributed by atoms with E-state index in [2.05, 4.69) is 10.6 Å². The lowest BCUT2D eigenvalue weighted by Crippen LogP contribution is -2.47. The van der Waals surface area contributed by atoms with Gasteiger partial charge < -0.3 is 15.7 Å². The highest BCUT2D eigenvalue weighted by Gasteiger charge is 2.40. The molecule has 5 heteroatoms. The Morgan fingerprint density at radius 2 is 1.95 bits per heavy atom. The van der Waals surface area contributed by atoms with E-state index in [0.717, 1.165) is 38.6 Å². The van der Waals surface area contributed by atoms with E-state index in [-0.39, 0.29) is 18.4 Å². The molecule has 3 N–H and O–H groups in total. The Kier molecular flexibility index (Phi) is 4.80. The number of piperidine rings is 1. The van der Waals surface area contributed by atoms with E-state index in [1.54, 1.807) is 0 Å². The molecule has 2 aliphatic rings. The molecule has 0 spiro atoms. The van der Waals surface area contributed by atoms with Crippen molar-refractivity contribution < 1.29 is 14.7 Å². The van der Waals surface area contributed by atoms with Crippen LogP contribution in [-0.2, 0) is 9.59 Å². The van der Waals surface area contributed by atoms with Crippen LogP contribution in [0.4, 0.5) is 0 Å². The maximum Gasteiger partial charge on any atom is 0.311 e. The minimum absolute atomic E-state index is 0.00295. The second-order valence-electron chi connectivity index (χ2n) is 5.91. The lowest BCUT2D eigenvalue weighted by molar-refractivity contribution is -0.151. The molecule has 2 rings (SSSR count). The van der Waals surface area contributed by atoms with Crippen LogP contribution in [0.25, 0.3) is 0 Å². The molecule has 0 aromatic heterocycles. The quantitative estimate of drug-likeness (QED) is 0.714. The topological polar surface area (TPSA) is 78.4 Å². The molecule has 1 heterocycles. The fourth-order valence-corrected chi connectivity index (χ4v) is 3.17. The SMILES string of the molecule is O=C(NCC1(C(=O)O)CCCCC1)[C@H]1CCCNC1. The summed E-state index contributed by atoms with van der Waals surface area (Å²) in [6.07, 6.45) is 6.30. The number of hydrogen-bond donors (Lipinski definition) is 3. The van der Waals surface area contributed by atoms with Gasteiger partial charge in [-0.2, -0.15) is 0 Å². The zero-order valence-electron chi connectivity index (χ0n) is 11.4. The third-order valence-corrected chi connectivity index (χ3v) is 4.53. The highest BCUT2D eigenvalue weighted by molar-refractivity contribution is 5.81. The number of carbonyl (C=O) groups excluding carboxylic acids is 1. The average Bonchev–Trinajstić information content (AvgIpc) is 2.46. The second kappa shape index (κ2) is 6.37. The summed E-state index contributed by atoms with van der Waals surface area (Å²) in [4.78, 5) is 23.6. The van der Waals surface area contributed by atoms with Crippen LogP contribution in [0.2, 0.25) is 0 Å². The van der Waals surface area contributed by atoms with Crippen LogP contribution in [0.5, 0.6) is 0 Å². The number of carbonyl (C=O) groups is 2. The van der Waals surface area contributed by atoms with Crippen molar-refractivity contribution in [3.8, 4) is 0 Å². The molecule has 0 bridgehead atoms. The maximum absolute atomic E-state index is 12.1. The molecule has 19 heavy (non-hydrogen) atoms. The summed E-state index contributed by atoms with van der Waals surface area (Å²) in [5, 5.41) is 15.5. The zero-order chi connectivity index (χ0) is 13.7. The molecule has 1 aliphatic carbocycles. The van der Waals surface area contributed by atoms with Gasteiger partial charge in [0.05, 0.1) is 11.3 Å². The van der Waals surface area contributed by atoms with E-state index in [0.29, 0.717) is 19.4 Å². The first kappa shape index (κ1) is 14.3. The molecule has 0 aromatic carbocycles. The van der Waals surface area contributed by atoms with E-state index in [4.69, 9.17) is 0 Å². The van der Waals surface area contributed by atoms with Crippen LogP contribution < -0.4 is 10.6 Å². The summed E-state index contributed by atoms with van der Waals surface area (Å²) in [6.45, 7) is 1.98. The van der Waals surface area contributed by atoms with Crippen molar-refractivity contribution >= 4 is 11.9 Å². The third kappa shape index (κ3) is 3.47. The predicted molar refractivity (Wildman–Crippen MR) is 71.8 cm³/mol. The molecule has 5 nitrogen and oxygen atoms in total. The molecule has 0 radical (unpaired) electrons. The first-order chi connectivity index (χ1) is 9.14. The smallest absolute Gasteiger partial charge is 0.311 e. The predicted octanol–water partition coefficient (Wildman–Crippen LogP) is 1.14. The normalized spacial score (nSPS) is 26.6. The molecule has 1 amide bonds. The Labute approximate surface area is 114 Å². The number of nitrogens with one attached hydrogen (secondary N) is 2. The van der Waals surface area contributed by atoms with Gasteiger partial charge in [-0.1, -0.05) is 19.3 Å². The van der Waals surface area contributed by atoms with Crippen molar-refractivity contribution in [3.05, 3.63) is 0 Å². The van der Waals surface area contributed by atoms with Crippen LogP contribution in [0.15, 0.2) is 0 Å². The number of carboxylic acids is 1. The molecule has 1 atom stereocenters. The lowest BCUT2D eigenvalue weighted by Gasteiger charge is -2.34. The highest BCUT2D eigenvalue weighted by Crippen LogP contribution is 2.36. The van der Waals surface area contributed by atoms with E-state index in [1.165, 1.54) is 0 Å². The van der Waals surface area contributed by atoms with E-state index in [1.807, 2.05) is 0 Å². The molecule has 1 aliphatic heterocycles. The summed E-state index contributed by atoms with van der Waals surface area (Å²) in [6, 6.07) is 0. The Balaban J connectivity index is 1.87. The molecular formula is C14H24N2O3. The third-order valence-electron chi connectivity index (χ3n) is 4.53. The molecule has 1 saturated heterocycles. The Hall–Kier alpha value is -1.10. The minimum Gasteiger partial charge on any atom is -0.481 e. The van der Waals surface area contributed by atoms with Gasteiger partial charge in [0.1, 0.15) is 0 Å². The monoisotopic (exact) mass is 268 g/mol. The van der Waals surface area contributed by atoms with Crippen molar-refractivity contribution in [1.82, 2.24) is 10.6 Å². The van der Waals surface area contributed by atoms with Crippen molar-refractivity contribution in [1.29, 1.82) is 0 Å². The molecular weight excluding hydrogens is 244 g/mol. The summed E-state index contributed by atoms with van der Waals surface area (Å²) >= 11 is 0. The number of aliphatic carboxylic acids is 1. The number of hydrogen-bond acceptors (Lipinski definition) is 3. The van der Waals surface area contributed by atoms with E-state index in [9.17, 15) is 14.7 Å². The van der Waals surface area contributed by atoms with Gasteiger partial charge in [0.15, 0.2) is 0 Å². The highest BCUT2D eigenvalue weighted by atomic mass is 16.4. The van der Waals surface area contributed by atoms with Gasteiger partial charge in [-0.05, 0) is 32.2 Å². The molecule has 108 valence electrons. The zero-order valence-corrected chi connectivity index (χ0v) is 11.4. The van der Waals surface area contributed by atoms with Crippen LogP contribution in [0.1, 0.15) is 44.9 Å². The molecule has 2 fully saturated rings. The van der Waals surface area contributed by atoms with Gasteiger partial charge in [0.2, 0.25) is 5.91 Å². The van der Waals surface area contributed by atoms with Gasteiger partial charge >= 0.3 is 5.97 Å². The maximum atomic E-state index is 12.1. The Morgan fingerprint density at radius 3 is 2.53 bits per heavy atom. The van der Waals surface area contributed by atoms with Gasteiger partial charge in [-0.15, -0.1) is 0 Å². The molecule has 0 unspecified atom stereocenters. The van der Waals surface area contributed by atoms with Gasteiger partial charge in [-0.3, -0.25) is 9.59 Å². The number of rotatable bonds is 4. The standard InChI is InChI=1S/C14H24N2O3/c17-12(11-5-4-8-15-9-11)16-10-14(13(18)19)6-2-1-3-7-14/h11,15H,1-10H2,(H,16,17)(H,18,19)/t11-/m0/s1. The van der Waals surface area contributed by atoms with E-state index < -0.39 is 11.4 Å². The second-order valence-corrected chi connectivity index (χ2v) is 5.91. The fourth-order valence-electron chi connectivity index (χ4n) is 3.17. The largest absolute Gasteiger partial charge is 0.481 e. The lowest BCUT2D eigenvalue weighted by atomic mass is 9.74. The Bertz CT molecular complexity index is 332. The van der Waals surface area contributed by atoms with Crippen LogP contribution in [-0.4, -0.2) is 36.6 Å². The number of carboxylic acid groups (broad SMARTS) is 1. The van der Waals surface area contributed by atoms with Crippen molar-refractivity contribution in [2.24, 2.45) is 11.3 Å². The van der Waals surface area contributed by atoms with Crippen LogP contribution in [0, 0.1) is 11.3 Å². The van der Waals surface area contributed by atoms with Crippen molar-refractivity contribution in [2.45, 2.75) is 44.9 Å². The summed E-state index contributed by atoms with van der Waals surface area (Å²) < 4.78 is 0. The molecule has 1 saturated carbocycles. The van der Waals surface area contributed by atoms with Gasteiger partial charge in [0, 0.05) is 13.1 Å². The van der Waals surface area contributed by atoms with Crippen LogP contribution >= 0.6 is 0 Å². The van der Waals surface area contributed by atoms with Crippen molar-refractivity contribution in [2.75, 3.05) is 19.6 Å². The average molecular weight is 268 g/mol. The van der Waals surface area contributed by atoms with E-state index >= 15 is 0 Å². The number of amides is 1. The summed E-state index contributed by atoms with van der Waals surface area (Å²) in [5.41, 5.74) is -0.726. The fraction of sp³-hybridized carbons (Fsp3) is 0.857. The summed E-state index contributed by atoms with van der Waals surface area (Å²) in [7, 11) is 0. The summed E-state index contributed by atoms with van der Waals surface area (Å²) in [5.74, 6) is -0.740. The first-order valence-corrected chi connectivity index (χ1v) is 7.36. The minimum atomic E-state index is -0.755. The van der Waals surface area contributed by atoms with Crippen LogP contribution in [0.3, 0.4) is 0 Å².